The summed E-state index contributed by atoms with van der Waals surface area (Å²) in [6.45, 7) is 9.23. The van der Waals surface area contributed by atoms with Gasteiger partial charge in [-0.25, -0.2) is 4.79 Å². The van der Waals surface area contributed by atoms with Gasteiger partial charge in [0.1, 0.15) is 29.5 Å². The molecule has 1 N–H and O–H groups in total. The van der Waals surface area contributed by atoms with E-state index in [4.69, 9.17) is 30.9 Å². The van der Waals surface area contributed by atoms with Gasteiger partial charge in [-0.05, 0) is 94.6 Å². The molecular weight excluding hydrogens is 612 g/mol. The summed E-state index contributed by atoms with van der Waals surface area (Å²) in [4.78, 5) is 16.0. The Morgan fingerprint density at radius 1 is 1.00 bits per heavy atom. The van der Waals surface area contributed by atoms with Gasteiger partial charge in [-0.15, -0.1) is 0 Å². The van der Waals surface area contributed by atoms with Crippen molar-refractivity contribution in [3.8, 4) is 22.6 Å². The second kappa shape index (κ2) is 15.1. The highest BCUT2D eigenvalue weighted by molar-refractivity contribution is 6.32. The fourth-order valence-corrected chi connectivity index (χ4v) is 6.60. The van der Waals surface area contributed by atoms with Gasteiger partial charge in [0.05, 0.1) is 24.4 Å². The maximum atomic E-state index is 13.7. The van der Waals surface area contributed by atoms with E-state index in [1.54, 1.807) is 0 Å². The van der Waals surface area contributed by atoms with Crippen LogP contribution in [-0.2, 0) is 30.9 Å². The first-order valence-corrected chi connectivity index (χ1v) is 16.4. The normalized spacial score (nSPS) is 13.1. The Balaban J connectivity index is 0.00000433. The first kappa shape index (κ1) is 34.1. The molecule has 9 heteroatoms. The summed E-state index contributed by atoms with van der Waals surface area (Å²) in [7, 11) is 2.12. The average molecular weight is 657 g/mol. The van der Waals surface area contributed by atoms with Crippen molar-refractivity contribution in [3.05, 3.63) is 99.5 Å². The van der Waals surface area contributed by atoms with E-state index in [0.717, 1.165) is 92.6 Å². The lowest BCUT2D eigenvalue weighted by Crippen LogP contribution is -2.23. The number of benzene rings is 3. The first-order valence-electron chi connectivity index (χ1n) is 16.0. The number of hydrogen-bond acceptors (Lipinski definition) is 6. The van der Waals surface area contributed by atoms with Crippen LogP contribution in [0.25, 0.3) is 22.0 Å². The van der Waals surface area contributed by atoms with Crippen LogP contribution in [0.2, 0.25) is 5.02 Å². The Kier molecular flexibility index (Phi) is 10.9. The lowest BCUT2D eigenvalue weighted by molar-refractivity contribution is 0.0512. The van der Waals surface area contributed by atoms with Crippen LogP contribution in [0.5, 0.6) is 11.5 Å². The second-order valence-corrected chi connectivity index (χ2v) is 12.3. The summed E-state index contributed by atoms with van der Waals surface area (Å²) in [5.41, 5.74) is 8.53. The van der Waals surface area contributed by atoms with E-state index in [9.17, 15) is 4.79 Å². The maximum absolute atomic E-state index is 13.7. The van der Waals surface area contributed by atoms with E-state index in [1.807, 2.05) is 63.2 Å². The smallest absolute Gasteiger partial charge is 0.355 e. The molecule has 248 valence electrons. The summed E-state index contributed by atoms with van der Waals surface area (Å²) in [5.74, 6) is 1.29. The zero-order chi connectivity index (χ0) is 32.2. The van der Waals surface area contributed by atoms with Crippen molar-refractivity contribution >= 4 is 28.5 Å². The molecule has 0 saturated heterocycles. The standard InChI is InChI=1S/C37H41ClN4O4.CH4/c1-5-44-37(43)36-29(16-10-19-45-27-20-24(2)34(38)25(3)21-27)28-14-9-15-30-33-31(22-41(4)17-11-18-42(36)35(28)30)39-40-32(33)23-46-26-12-7-6-8-13-26;/h6-9,12-15,20-21H,5,10-11,16-19,22-23H2,1-4H3,(H,39,40);1H4. The molecule has 6 rings (SSSR count). The quantitative estimate of drug-likeness (QED) is 0.120. The number of hydrogen-bond donors (Lipinski definition) is 1. The molecule has 0 bridgehead atoms. The minimum Gasteiger partial charge on any atom is -0.494 e. The van der Waals surface area contributed by atoms with Crippen LogP contribution >= 0.6 is 11.6 Å². The molecule has 2 aromatic heterocycles. The van der Waals surface area contributed by atoms with E-state index in [-0.39, 0.29) is 13.4 Å². The van der Waals surface area contributed by atoms with Crippen LogP contribution in [0.1, 0.15) is 65.8 Å². The second-order valence-electron chi connectivity index (χ2n) is 11.9. The number of fused-ring (bicyclic) bond motifs is 2. The van der Waals surface area contributed by atoms with Gasteiger partial charge in [0.25, 0.3) is 0 Å². The lowest BCUT2D eigenvalue weighted by atomic mass is 9.97. The van der Waals surface area contributed by atoms with Crippen molar-refractivity contribution < 1.29 is 19.0 Å². The fraction of sp³-hybridized carbons (Fsp3) is 0.368. The first-order chi connectivity index (χ1) is 22.4. The molecule has 1 aliphatic heterocycles. The summed E-state index contributed by atoms with van der Waals surface area (Å²) in [5, 5.41) is 9.88. The highest BCUT2D eigenvalue weighted by atomic mass is 35.5. The topological polar surface area (TPSA) is 81.6 Å². The van der Waals surface area contributed by atoms with E-state index >= 15 is 0 Å². The number of ether oxygens (including phenoxy) is 3. The molecule has 3 aromatic carbocycles. The molecule has 3 heterocycles. The predicted octanol–water partition coefficient (Wildman–Crippen LogP) is 8.54. The van der Waals surface area contributed by atoms with Crippen LogP contribution in [0.3, 0.4) is 0 Å². The number of carbonyl (C=O) groups is 1. The summed E-state index contributed by atoms with van der Waals surface area (Å²) in [6.07, 6.45) is 2.27. The summed E-state index contributed by atoms with van der Waals surface area (Å²) >= 11 is 6.37. The molecule has 0 unspecified atom stereocenters. The Bertz CT molecular complexity index is 1820. The van der Waals surface area contributed by atoms with Crippen molar-refractivity contribution in [1.29, 1.82) is 0 Å². The zero-order valence-corrected chi connectivity index (χ0v) is 27.7. The number of aromatic amines is 1. The molecule has 47 heavy (non-hydrogen) atoms. The third-order valence-corrected chi connectivity index (χ3v) is 9.16. The van der Waals surface area contributed by atoms with Crippen LogP contribution in [-0.4, -0.2) is 52.4 Å². The molecular formula is C38H45ClN4O4. The van der Waals surface area contributed by atoms with Gasteiger partial charge in [0, 0.05) is 34.6 Å². The molecule has 0 fully saturated rings. The van der Waals surface area contributed by atoms with Crippen LogP contribution in [0, 0.1) is 13.8 Å². The number of aryl methyl sites for hydroxylation is 4. The molecule has 5 aromatic rings. The summed E-state index contributed by atoms with van der Waals surface area (Å²) < 4.78 is 20.2. The largest absolute Gasteiger partial charge is 0.494 e. The van der Waals surface area contributed by atoms with Gasteiger partial charge in [0.15, 0.2) is 0 Å². The van der Waals surface area contributed by atoms with E-state index in [0.29, 0.717) is 38.5 Å². The number of para-hydroxylation sites is 2. The van der Waals surface area contributed by atoms with Gasteiger partial charge >= 0.3 is 5.97 Å². The molecule has 0 amide bonds. The van der Waals surface area contributed by atoms with Gasteiger partial charge in [-0.2, -0.15) is 5.10 Å². The van der Waals surface area contributed by atoms with Gasteiger partial charge in [-0.3, -0.25) is 5.10 Å². The van der Waals surface area contributed by atoms with Crippen LogP contribution < -0.4 is 9.47 Å². The monoisotopic (exact) mass is 656 g/mol. The van der Waals surface area contributed by atoms with Crippen molar-refractivity contribution in [2.75, 3.05) is 26.8 Å². The van der Waals surface area contributed by atoms with E-state index in [1.165, 1.54) is 0 Å². The van der Waals surface area contributed by atoms with Crippen molar-refractivity contribution in [2.24, 2.45) is 0 Å². The molecule has 0 aliphatic carbocycles. The maximum Gasteiger partial charge on any atom is 0.355 e. The van der Waals surface area contributed by atoms with Gasteiger partial charge < -0.3 is 23.7 Å². The van der Waals surface area contributed by atoms with Gasteiger partial charge in [-0.1, -0.05) is 55.4 Å². The zero-order valence-electron chi connectivity index (χ0n) is 27.0. The van der Waals surface area contributed by atoms with E-state index in [2.05, 4.69) is 39.8 Å². The molecule has 0 saturated carbocycles. The van der Waals surface area contributed by atoms with Crippen molar-refractivity contribution in [2.45, 2.75) is 67.2 Å². The minimum atomic E-state index is -0.296. The Morgan fingerprint density at radius 2 is 1.77 bits per heavy atom. The van der Waals surface area contributed by atoms with Crippen molar-refractivity contribution in [1.82, 2.24) is 19.7 Å². The minimum absolute atomic E-state index is 0. The number of nitrogens with zero attached hydrogens (tertiary/aromatic N) is 3. The Morgan fingerprint density at radius 3 is 2.51 bits per heavy atom. The number of nitrogens with one attached hydrogen (secondary N) is 1. The SMILES string of the molecule is C.CCOC(=O)c1c(CCCOc2cc(C)c(Cl)c(C)c2)c2cccc3c2n1CCCN(C)Cc1[nH]nc(COc2ccccc2)c1-3. The fourth-order valence-electron chi connectivity index (χ4n) is 6.49. The number of rotatable bonds is 10. The molecule has 8 nitrogen and oxygen atoms in total. The molecule has 0 radical (unpaired) electrons. The van der Waals surface area contributed by atoms with Crippen molar-refractivity contribution in [3.63, 3.8) is 0 Å². The third-order valence-electron chi connectivity index (χ3n) is 8.56. The predicted molar refractivity (Wildman–Crippen MR) is 189 cm³/mol. The average Bonchev–Trinajstić information content (AvgIpc) is 3.59. The highest BCUT2D eigenvalue weighted by Gasteiger charge is 2.28. The van der Waals surface area contributed by atoms with E-state index < -0.39 is 0 Å². The number of carbonyl (C=O) groups excluding carboxylic acids is 1. The number of aromatic nitrogens is 3. The number of H-pyrrole nitrogens is 1. The molecule has 1 aliphatic rings. The Labute approximate surface area is 282 Å². The Hall–Kier alpha value is -4.27. The third kappa shape index (κ3) is 7.19. The van der Waals surface area contributed by atoms with Gasteiger partial charge in [0.2, 0.25) is 0 Å². The molecule has 0 atom stereocenters. The summed E-state index contributed by atoms with van der Waals surface area (Å²) in [6, 6.07) is 20.1. The van der Waals surface area contributed by atoms with Crippen LogP contribution in [0.15, 0.2) is 60.7 Å². The van der Waals surface area contributed by atoms with Crippen LogP contribution in [0.4, 0.5) is 0 Å². The number of halogens is 1. The lowest BCUT2D eigenvalue weighted by Gasteiger charge is -2.21. The number of esters is 1. The highest BCUT2D eigenvalue weighted by Crippen LogP contribution is 2.39. The molecule has 0 spiro atoms.